The van der Waals surface area contributed by atoms with Gasteiger partial charge in [0.05, 0.1) is 28.5 Å². The fraction of sp³-hybridized carbons (Fsp3) is 0.0870. The van der Waals surface area contributed by atoms with E-state index in [0.29, 0.717) is 27.7 Å². The Labute approximate surface area is 187 Å². The molecule has 0 amide bonds. The SMILES string of the molecule is O=c1[nH]ccc(NCC(O)c2cccc(Cl)c2)c1-c1nc2ccc(-n3cccn3)cc2[nH]1. The summed E-state index contributed by atoms with van der Waals surface area (Å²) in [6.45, 7) is 0.195. The first-order valence-corrected chi connectivity index (χ1v) is 10.4. The Morgan fingerprint density at radius 1 is 1.16 bits per heavy atom. The van der Waals surface area contributed by atoms with Gasteiger partial charge in [0, 0.05) is 30.2 Å². The van der Waals surface area contributed by atoms with E-state index in [1.54, 1.807) is 47.4 Å². The van der Waals surface area contributed by atoms with Crippen LogP contribution in [0.25, 0.3) is 28.1 Å². The molecule has 9 heteroatoms. The van der Waals surface area contributed by atoms with Crippen molar-refractivity contribution in [1.82, 2.24) is 24.7 Å². The van der Waals surface area contributed by atoms with Gasteiger partial charge in [0.15, 0.2) is 0 Å². The number of rotatable bonds is 6. The predicted molar refractivity (Wildman–Crippen MR) is 124 cm³/mol. The summed E-state index contributed by atoms with van der Waals surface area (Å²) in [4.78, 5) is 23.2. The number of aromatic amines is 2. The molecule has 1 unspecified atom stereocenters. The summed E-state index contributed by atoms with van der Waals surface area (Å²) in [5, 5.41) is 18.5. The number of nitrogens with zero attached hydrogens (tertiary/aromatic N) is 3. The van der Waals surface area contributed by atoms with Gasteiger partial charge in [-0.1, -0.05) is 23.7 Å². The third-order valence-electron chi connectivity index (χ3n) is 5.15. The molecule has 32 heavy (non-hydrogen) atoms. The summed E-state index contributed by atoms with van der Waals surface area (Å²) in [6, 6.07) is 16.3. The summed E-state index contributed by atoms with van der Waals surface area (Å²) in [5.41, 5.74) is 3.70. The minimum atomic E-state index is -0.798. The molecule has 3 heterocycles. The number of hydrogen-bond acceptors (Lipinski definition) is 5. The van der Waals surface area contributed by atoms with Crippen LogP contribution < -0.4 is 10.9 Å². The van der Waals surface area contributed by atoms with Gasteiger partial charge in [-0.2, -0.15) is 5.10 Å². The zero-order valence-corrected chi connectivity index (χ0v) is 17.5. The first-order chi connectivity index (χ1) is 15.6. The van der Waals surface area contributed by atoms with Gasteiger partial charge in [0.25, 0.3) is 5.56 Å². The van der Waals surface area contributed by atoms with Gasteiger partial charge < -0.3 is 20.4 Å². The van der Waals surface area contributed by atoms with Crippen molar-refractivity contribution < 1.29 is 5.11 Å². The van der Waals surface area contributed by atoms with Crippen molar-refractivity contribution in [3.05, 3.63) is 94.1 Å². The maximum absolute atomic E-state index is 12.7. The van der Waals surface area contributed by atoms with Gasteiger partial charge in [-0.25, -0.2) is 9.67 Å². The third kappa shape index (κ3) is 3.89. The molecule has 5 rings (SSSR count). The lowest BCUT2D eigenvalue weighted by Crippen LogP contribution is -2.17. The Hall–Kier alpha value is -3.88. The van der Waals surface area contributed by atoms with Crippen LogP contribution in [0.5, 0.6) is 0 Å². The van der Waals surface area contributed by atoms with Crippen LogP contribution in [0, 0.1) is 0 Å². The second-order valence-corrected chi connectivity index (χ2v) is 7.72. The van der Waals surface area contributed by atoms with Gasteiger partial charge in [-0.05, 0) is 48.0 Å². The van der Waals surface area contributed by atoms with E-state index in [1.807, 2.05) is 30.5 Å². The van der Waals surface area contributed by atoms with Crippen LogP contribution in [0.2, 0.25) is 5.02 Å². The van der Waals surface area contributed by atoms with Crippen LogP contribution >= 0.6 is 11.6 Å². The van der Waals surface area contributed by atoms with E-state index >= 15 is 0 Å². The fourth-order valence-electron chi connectivity index (χ4n) is 3.58. The van der Waals surface area contributed by atoms with E-state index in [0.717, 1.165) is 16.7 Å². The molecule has 8 nitrogen and oxygen atoms in total. The zero-order valence-electron chi connectivity index (χ0n) is 16.8. The van der Waals surface area contributed by atoms with Crippen LogP contribution in [-0.4, -0.2) is 36.4 Å². The van der Waals surface area contributed by atoms with Crippen molar-refractivity contribution in [2.24, 2.45) is 0 Å². The van der Waals surface area contributed by atoms with Crippen LogP contribution in [0.15, 0.2) is 78.0 Å². The first kappa shape index (κ1) is 20.0. The van der Waals surface area contributed by atoms with Crippen molar-refractivity contribution in [1.29, 1.82) is 0 Å². The highest BCUT2D eigenvalue weighted by molar-refractivity contribution is 6.30. The smallest absolute Gasteiger partial charge is 0.261 e. The number of imidazole rings is 1. The van der Waals surface area contributed by atoms with Crippen LogP contribution in [-0.2, 0) is 0 Å². The summed E-state index contributed by atoms with van der Waals surface area (Å²) in [5.74, 6) is 0.430. The Balaban J connectivity index is 1.46. The number of anilines is 1. The van der Waals surface area contributed by atoms with Gasteiger partial charge in [-0.3, -0.25) is 4.79 Å². The average Bonchev–Trinajstić information content (AvgIpc) is 3.47. The Bertz CT molecular complexity index is 1440. The standard InChI is InChI=1S/C23H19ClN6O2/c24-15-4-1-3-14(11-15)20(31)13-26-18-7-9-25-23(32)21(18)22-28-17-6-5-16(12-19(17)29-22)30-10-2-8-27-30/h1-12,20,31H,13H2,(H,28,29)(H2,25,26,32). The second kappa shape index (κ2) is 8.33. The molecule has 0 aliphatic carbocycles. The topological polar surface area (TPSA) is 112 Å². The van der Waals surface area contributed by atoms with Crippen LogP contribution in [0.1, 0.15) is 11.7 Å². The van der Waals surface area contributed by atoms with Crippen molar-refractivity contribution in [3.8, 4) is 17.1 Å². The Morgan fingerprint density at radius 3 is 2.88 bits per heavy atom. The van der Waals surface area contributed by atoms with Crippen LogP contribution in [0.3, 0.4) is 0 Å². The number of benzene rings is 2. The normalized spacial score (nSPS) is 12.2. The molecular formula is C23H19ClN6O2. The summed E-state index contributed by atoms with van der Waals surface area (Å²) in [6.07, 6.45) is 4.32. The van der Waals surface area contributed by atoms with E-state index in [4.69, 9.17) is 11.6 Å². The lowest BCUT2D eigenvalue weighted by atomic mass is 10.1. The highest BCUT2D eigenvalue weighted by Gasteiger charge is 2.16. The number of aromatic nitrogens is 5. The van der Waals surface area contributed by atoms with E-state index in [1.165, 1.54) is 0 Å². The van der Waals surface area contributed by atoms with E-state index < -0.39 is 6.10 Å². The Kier molecular flexibility index (Phi) is 5.22. The predicted octanol–water partition coefficient (Wildman–Crippen LogP) is 3.90. The molecule has 5 aromatic rings. The molecule has 0 bridgehead atoms. The van der Waals surface area contributed by atoms with E-state index in [-0.39, 0.29) is 12.1 Å². The maximum atomic E-state index is 12.7. The van der Waals surface area contributed by atoms with Crippen molar-refractivity contribution >= 4 is 28.3 Å². The van der Waals surface area contributed by atoms with Gasteiger partial charge >= 0.3 is 0 Å². The molecule has 0 saturated heterocycles. The zero-order chi connectivity index (χ0) is 22.1. The number of H-pyrrole nitrogens is 2. The van der Waals surface area contributed by atoms with Crippen molar-refractivity contribution in [2.45, 2.75) is 6.10 Å². The number of aliphatic hydroxyl groups excluding tert-OH is 1. The van der Waals surface area contributed by atoms with Crippen molar-refractivity contribution in [3.63, 3.8) is 0 Å². The Morgan fingerprint density at radius 2 is 2.06 bits per heavy atom. The highest BCUT2D eigenvalue weighted by Crippen LogP contribution is 2.26. The molecule has 1 atom stereocenters. The number of hydrogen-bond donors (Lipinski definition) is 4. The molecule has 2 aromatic carbocycles. The van der Waals surface area contributed by atoms with Crippen molar-refractivity contribution in [2.75, 3.05) is 11.9 Å². The molecule has 0 aliphatic rings. The first-order valence-electron chi connectivity index (χ1n) is 9.98. The molecule has 0 aliphatic heterocycles. The van der Waals surface area contributed by atoms with Crippen LogP contribution in [0.4, 0.5) is 5.69 Å². The highest BCUT2D eigenvalue weighted by atomic mass is 35.5. The van der Waals surface area contributed by atoms with Gasteiger partial charge in [0.1, 0.15) is 11.4 Å². The molecule has 0 saturated carbocycles. The third-order valence-corrected chi connectivity index (χ3v) is 5.39. The molecule has 0 fully saturated rings. The number of aliphatic hydroxyl groups is 1. The molecule has 0 radical (unpaired) electrons. The van der Waals surface area contributed by atoms with Gasteiger partial charge in [-0.15, -0.1) is 0 Å². The molecule has 4 N–H and O–H groups in total. The van der Waals surface area contributed by atoms with E-state index in [2.05, 4.69) is 25.4 Å². The maximum Gasteiger partial charge on any atom is 0.261 e. The summed E-state index contributed by atoms with van der Waals surface area (Å²) >= 11 is 6.02. The quantitative estimate of drug-likeness (QED) is 0.316. The largest absolute Gasteiger partial charge is 0.387 e. The lowest BCUT2D eigenvalue weighted by molar-refractivity contribution is 0.191. The molecule has 160 valence electrons. The minimum Gasteiger partial charge on any atom is -0.387 e. The minimum absolute atomic E-state index is 0.195. The van der Waals surface area contributed by atoms with Gasteiger partial charge in [0.2, 0.25) is 0 Å². The molecule has 0 spiro atoms. The number of halogens is 1. The molecular weight excluding hydrogens is 428 g/mol. The number of pyridine rings is 1. The second-order valence-electron chi connectivity index (χ2n) is 7.28. The fourth-order valence-corrected chi connectivity index (χ4v) is 3.78. The average molecular weight is 447 g/mol. The number of nitrogens with one attached hydrogen (secondary N) is 3. The molecule has 3 aromatic heterocycles. The summed E-state index contributed by atoms with van der Waals surface area (Å²) in [7, 11) is 0. The summed E-state index contributed by atoms with van der Waals surface area (Å²) < 4.78 is 1.75. The van der Waals surface area contributed by atoms with E-state index in [9.17, 15) is 9.90 Å². The lowest BCUT2D eigenvalue weighted by Gasteiger charge is -2.15. The number of fused-ring (bicyclic) bond motifs is 1. The monoisotopic (exact) mass is 446 g/mol.